The van der Waals surface area contributed by atoms with Crippen molar-refractivity contribution < 1.29 is 14.4 Å². The van der Waals surface area contributed by atoms with E-state index in [0.717, 1.165) is 5.69 Å². The second kappa shape index (κ2) is 6.95. The zero-order valence-electron chi connectivity index (χ0n) is 14.5. The van der Waals surface area contributed by atoms with Gasteiger partial charge < -0.3 is 0 Å². The molecule has 0 atom stereocenters. The molecule has 0 radical (unpaired) electrons. The monoisotopic (exact) mass is 425 g/mol. The average Bonchev–Trinajstić information content (AvgIpc) is 3.22. The minimum absolute atomic E-state index is 0.109. The van der Waals surface area contributed by atoms with Crippen molar-refractivity contribution in [2.45, 2.75) is 13.5 Å². The summed E-state index contributed by atoms with van der Waals surface area (Å²) in [7, 11) is 0. The Kier molecular flexibility index (Phi) is 4.47. The van der Waals surface area contributed by atoms with E-state index < -0.39 is 0 Å². The van der Waals surface area contributed by atoms with E-state index in [1.807, 2.05) is 35.3 Å². The van der Waals surface area contributed by atoms with Gasteiger partial charge >= 0.3 is 162 Å². The van der Waals surface area contributed by atoms with E-state index in [-0.39, 0.29) is 38.8 Å². The summed E-state index contributed by atoms with van der Waals surface area (Å²) in [5.41, 5.74) is 2.22. The quantitative estimate of drug-likeness (QED) is 0.477. The fourth-order valence-electron chi connectivity index (χ4n) is 3.02. The summed E-state index contributed by atoms with van der Waals surface area (Å²) in [5, 5.41) is 0. The molecule has 1 aliphatic heterocycles. The summed E-state index contributed by atoms with van der Waals surface area (Å²) in [6.07, 6.45) is 0. The maximum absolute atomic E-state index is 12.5. The summed E-state index contributed by atoms with van der Waals surface area (Å²) >= 11 is -0.157. The van der Waals surface area contributed by atoms with E-state index in [0.29, 0.717) is 21.5 Å². The minimum atomic E-state index is -0.306. The van der Waals surface area contributed by atoms with Gasteiger partial charge in [-0.2, -0.15) is 0 Å². The number of fused-ring (bicyclic) bond motifs is 1. The van der Waals surface area contributed by atoms with Crippen LogP contribution in [-0.2, 0) is 11.3 Å². The first kappa shape index (κ1) is 17.4. The van der Waals surface area contributed by atoms with E-state index >= 15 is 0 Å². The fraction of sp³-hybridized carbons (Fsp3) is 0.100. The van der Waals surface area contributed by atoms with Crippen LogP contribution in [0, 0.1) is 0 Å². The van der Waals surface area contributed by atoms with Crippen molar-refractivity contribution in [2.75, 3.05) is 4.90 Å². The molecule has 0 N–H and O–H groups in total. The van der Waals surface area contributed by atoms with Crippen molar-refractivity contribution in [2.24, 2.45) is 0 Å². The fourth-order valence-corrected chi connectivity index (χ4v) is 4.86. The summed E-state index contributed by atoms with van der Waals surface area (Å²) < 4.78 is 0.646. The maximum atomic E-state index is 12.5. The second-order valence-electron chi connectivity index (χ2n) is 6.05. The summed E-state index contributed by atoms with van der Waals surface area (Å²) in [4.78, 5) is 46.4. The predicted octanol–water partition coefficient (Wildman–Crippen LogP) is 2.62. The van der Waals surface area contributed by atoms with Gasteiger partial charge in [0.2, 0.25) is 0 Å². The molecule has 0 unspecified atom stereocenters. The molecule has 2 aromatic carbocycles. The number of para-hydroxylation sites is 1. The predicted molar refractivity (Wildman–Crippen MR) is 101 cm³/mol. The van der Waals surface area contributed by atoms with Crippen LogP contribution in [0.2, 0.25) is 0 Å². The Bertz CT molecular complexity index is 1010. The van der Waals surface area contributed by atoms with Crippen molar-refractivity contribution in [3.8, 4) is 0 Å². The third-order valence-electron chi connectivity index (χ3n) is 4.26. The Labute approximate surface area is 161 Å². The molecule has 3 amide bonds. The third-order valence-corrected chi connectivity index (χ3v) is 6.09. The molecule has 7 heteroatoms. The molecular formula is C20H15N3O3Se. The van der Waals surface area contributed by atoms with Crippen LogP contribution in [0.25, 0.3) is 0 Å². The summed E-state index contributed by atoms with van der Waals surface area (Å²) in [6.45, 7) is 1.60. The number of hydrogen-bond acceptors (Lipinski definition) is 4. The van der Waals surface area contributed by atoms with Gasteiger partial charge in [-0.25, -0.2) is 0 Å². The van der Waals surface area contributed by atoms with Crippen LogP contribution in [0.1, 0.15) is 33.3 Å². The Morgan fingerprint density at radius 3 is 2.19 bits per heavy atom. The van der Waals surface area contributed by atoms with Gasteiger partial charge in [0.05, 0.1) is 0 Å². The van der Waals surface area contributed by atoms with Crippen molar-refractivity contribution in [3.05, 3.63) is 76.4 Å². The molecule has 0 aliphatic carbocycles. The molecule has 0 saturated carbocycles. The number of carbonyl (C=O) groups is 3. The van der Waals surface area contributed by atoms with Gasteiger partial charge in [0.1, 0.15) is 0 Å². The van der Waals surface area contributed by atoms with E-state index in [2.05, 4.69) is 4.98 Å². The Hall–Kier alpha value is -3.02. The molecule has 3 aromatic rings. The topological polar surface area (TPSA) is 70.6 Å². The number of aromatic nitrogens is 1. The molecule has 0 fully saturated rings. The van der Waals surface area contributed by atoms with E-state index in [4.69, 9.17) is 0 Å². The molecule has 0 spiro atoms. The number of imide groups is 1. The van der Waals surface area contributed by atoms with E-state index in [9.17, 15) is 14.4 Å². The van der Waals surface area contributed by atoms with Gasteiger partial charge in [-0.05, 0) is 0 Å². The van der Waals surface area contributed by atoms with Crippen LogP contribution >= 0.6 is 0 Å². The third kappa shape index (κ3) is 3.12. The number of hydrogen-bond donors (Lipinski definition) is 0. The van der Waals surface area contributed by atoms with Gasteiger partial charge in [-0.3, -0.25) is 0 Å². The number of rotatable bonds is 4. The zero-order chi connectivity index (χ0) is 19.0. The molecule has 0 bridgehead atoms. The van der Waals surface area contributed by atoms with Gasteiger partial charge in [-0.1, -0.05) is 0 Å². The number of carbonyl (C=O) groups excluding carboxylic acids is 3. The molecule has 134 valence electrons. The standard InChI is InChI=1S/C20H15N3O3Se/c1-13(24)23(15-7-3-2-4-8-15)20-21-14(12-27-20)11-22-18(25)16-9-5-6-10-17(16)19(22)26/h2-10,12H,11H2,1H3. The van der Waals surface area contributed by atoms with Crippen LogP contribution in [-0.4, -0.2) is 42.1 Å². The molecule has 27 heavy (non-hydrogen) atoms. The van der Waals surface area contributed by atoms with Crippen molar-refractivity contribution in [3.63, 3.8) is 0 Å². The molecule has 2 heterocycles. The van der Waals surface area contributed by atoms with Crippen molar-refractivity contribution in [1.29, 1.82) is 0 Å². The first-order chi connectivity index (χ1) is 13.1. The second-order valence-corrected chi connectivity index (χ2v) is 7.81. The first-order valence-electron chi connectivity index (χ1n) is 8.31. The normalized spacial score (nSPS) is 13.0. The number of benzene rings is 2. The molecule has 1 aromatic heterocycles. The van der Waals surface area contributed by atoms with Crippen LogP contribution in [0.3, 0.4) is 0 Å². The number of nitrogens with zero attached hydrogens (tertiary/aromatic N) is 3. The van der Waals surface area contributed by atoms with Crippen molar-refractivity contribution in [1.82, 2.24) is 9.88 Å². The van der Waals surface area contributed by atoms with Crippen LogP contribution in [0.4, 0.5) is 10.4 Å². The van der Waals surface area contributed by atoms with Crippen LogP contribution in [0.5, 0.6) is 0 Å². The van der Waals surface area contributed by atoms with E-state index in [1.54, 1.807) is 29.2 Å². The van der Waals surface area contributed by atoms with Gasteiger partial charge in [0.25, 0.3) is 0 Å². The van der Waals surface area contributed by atoms with E-state index in [1.165, 1.54) is 11.8 Å². The zero-order valence-corrected chi connectivity index (χ0v) is 16.2. The Balaban J connectivity index is 1.60. The summed E-state index contributed by atoms with van der Waals surface area (Å²) in [5.74, 6) is -0.740. The molecule has 6 nitrogen and oxygen atoms in total. The average molecular weight is 424 g/mol. The van der Waals surface area contributed by atoms with Crippen LogP contribution in [0.15, 0.2) is 59.5 Å². The van der Waals surface area contributed by atoms with Gasteiger partial charge in [0.15, 0.2) is 0 Å². The molecular weight excluding hydrogens is 409 g/mol. The van der Waals surface area contributed by atoms with Gasteiger partial charge in [0, 0.05) is 0 Å². The van der Waals surface area contributed by atoms with Crippen molar-refractivity contribution >= 4 is 42.6 Å². The SMILES string of the molecule is CC(=O)N(c1ccccc1)c1nc(CN2C(=O)c3ccccc3C2=O)c[se]1. The Morgan fingerprint density at radius 1 is 1.00 bits per heavy atom. The summed E-state index contributed by atoms with van der Waals surface area (Å²) in [6, 6.07) is 16.1. The number of anilines is 2. The van der Waals surface area contributed by atoms with Gasteiger partial charge in [-0.15, -0.1) is 0 Å². The number of amides is 3. The molecule has 0 saturated heterocycles. The van der Waals surface area contributed by atoms with Crippen LogP contribution < -0.4 is 4.90 Å². The first-order valence-corrected chi connectivity index (χ1v) is 10.2. The molecule has 1 aliphatic rings. The Morgan fingerprint density at radius 2 is 1.59 bits per heavy atom. The molecule has 4 rings (SSSR count).